The number of rotatable bonds is 10. The lowest BCUT2D eigenvalue weighted by Gasteiger charge is -2.22. The molecule has 10 heteroatoms. The number of carbonyl (C=O) groups excluding carboxylic acids is 4. The predicted octanol–water partition coefficient (Wildman–Crippen LogP) is 1.58. The average molecular weight is 484 g/mol. The molecule has 0 radical (unpaired) electrons. The van der Waals surface area contributed by atoms with Gasteiger partial charge in [0.05, 0.1) is 19.1 Å². The van der Waals surface area contributed by atoms with Gasteiger partial charge in [-0.3, -0.25) is 19.4 Å². The van der Waals surface area contributed by atoms with Crippen LogP contribution in [-0.4, -0.2) is 66.0 Å². The molecule has 4 amide bonds. The number of aromatic nitrogens is 1. The van der Waals surface area contributed by atoms with Crippen LogP contribution in [0.15, 0.2) is 54.7 Å². The summed E-state index contributed by atoms with van der Waals surface area (Å²) in [5.41, 5.74) is 1.07. The summed E-state index contributed by atoms with van der Waals surface area (Å²) in [5.74, 6) is -1.35. The van der Waals surface area contributed by atoms with Gasteiger partial charge in [0.1, 0.15) is 12.1 Å². The first-order chi connectivity index (χ1) is 16.5. The summed E-state index contributed by atoms with van der Waals surface area (Å²) >= 11 is 0. The van der Waals surface area contributed by atoms with E-state index in [9.17, 15) is 19.2 Å². The van der Waals surface area contributed by atoms with E-state index in [-0.39, 0.29) is 31.6 Å². The molecule has 1 aromatic carbocycles. The number of benzene rings is 1. The van der Waals surface area contributed by atoms with Crippen LogP contribution in [0, 0.1) is 0 Å². The lowest BCUT2D eigenvalue weighted by molar-refractivity contribution is -0.135. The zero-order valence-electron chi connectivity index (χ0n) is 20.5. The molecule has 0 aliphatic heterocycles. The van der Waals surface area contributed by atoms with Crippen molar-refractivity contribution in [2.45, 2.75) is 38.8 Å². The van der Waals surface area contributed by atoms with E-state index >= 15 is 0 Å². The highest BCUT2D eigenvalue weighted by Gasteiger charge is 2.20. The summed E-state index contributed by atoms with van der Waals surface area (Å²) in [4.78, 5) is 54.1. The molecule has 0 saturated heterocycles. The lowest BCUT2D eigenvalue weighted by atomic mass is 10.0. The first-order valence-corrected chi connectivity index (χ1v) is 11.2. The first-order valence-electron chi connectivity index (χ1n) is 11.2. The number of pyridine rings is 1. The van der Waals surface area contributed by atoms with Crippen LogP contribution in [0.1, 0.15) is 38.1 Å². The van der Waals surface area contributed by atoms with Gasteiger partial charge in [-0.1, -0.05) is 36.4 Å². The Hall–Kier alpha value is -3.95. The number of nitrogens with one attached hydrogen (secondary N) is 3. The molecule has 0 fully saturated rings. The summed E-state index contributed by atoms with van der Waals surface area (Å²) in [7, 11) is 1.48. The van der Waals surface area contributed by atoms with Crippen LogP contribution in [0.25, 0.3) is 0 Å². The molecule has 3 N–H and O–H groups in total. The molecule has 1 heterocycles. The average Bonchev–Trinajstić information content (AvgIpc) is 2.80. The minimum Gasteiger partial charge on any atom is -0.444 e. The van der Waals surface area contributed by atoms with E-state index < -0.39 is 23.5 Å². The molecule has 1 atom stereocenters. The second-order valence-electron chi connectivity index (χ2n) is 8.94. The molecule has 0 aliphatic rings. The van der Waals surface area contributed by atoms with Gasteiger partial charge in [0.2, 0.25) is 17.7 Å². The van der Waals surface area contributed by atoms with Gasteiger partial charge >= 0.3 is 6.09 Å². The predicted molar refractivity (Wildman–Crippen MR) is 130 cm³/mol. The van der Waals surface area contributed by atoms with Crippen molar-refractivity contribution in [3.05, 3.63) is 66.0 Å². The number of likely N-dealkylation sites (N-methyl/N-ethyl adjacent to an activating group) is 1. The van der Waals surface area contributed by atoms with Crippen LogP contribution in [0.4, 0.5) is 4.79 Å². The molecule has 1 unspecified atom stereocenters. The number of hydrogen-bond donors (Lipinski definition) is 3. The SMILES string of the molecule is CN(CC(=O)NC(Cc1ccccn1)c1ccccc1)C(=O)CNC(=O)CNC(=O)OC(C)(C)C. The van der Waals surface area contributed by atoms with Gasteiger partial charge in [0.25, 0.3) is 0 Å². The van der Waals surface area contributed by atoms with Crippen LogP contribution >= 0.6 is 0 Å². The van der Waals surface area contributed by atoms with E-state index in [0.717, 1.165) is 11.3 Å². The van der Waals surface area contributed by atoms with Crippen molar-refractivity contribution in [3.63, 3.8) is 0 Å². The molecule has 35 heavy (non-hydrogen) atoms. The first kappa shape index (κ1) is 27.3. The van der Waals surface area contributed by atoms with E-state index in [0.29, 0.717) is 6.42 Å². The normalized spacial score (nSPS) is 11.7. The van der Waals surface area contributed by atoms with Gasteiger partial charge in [-0.15, -0.1) is 0 Å². The van der Waals surface area contributed by atoms with Crippen molar-refractivity contribution in [2.75, 3.05) is 26.7 Å². The van der Waals surface area contributed by atoms with E-state index in [2.05, 4.69) is 20.9 Å². The molecular weight excluding hydrogens is 450 g/mol. The van der Waals surface area contributed by atoms with Gasteiger partial charge in [0.15, 0.2) is 0 Å². The molecule has 188 valence electrons. The molecule has 0 saturated carbocycles. The summed E-state index contributed by atoms with van der Waals surface area (Å²) in [6.07, 6.45) is 1.46. The molecule has 0 spiro atoms. The quantitative estimate of drug-likeness (QED) is 0.471. The number of nitrogens with zero attached hydrogens (tertiary/aromatic N) is 2. The second kappa shape index (κ2) is 13.1. The third-order valence-electron chi connectivity index (χ3n) is 4.71. The van der Waals surface area contributed by atoms with Gasteiger partial charge < -0.3 is 25.6 Å². The van der Waals surface area contributed by atoms with Crippen molar-refractivity contribution in [3.8, 4) is 0 Å². The van der Waals surface area contributed by atoms with Crippen molar-refractivity contribution in [1.82, 2.24) is 25.8 Å². The van der Waals surface area contributed by atoms with E-state index in [1.807, 2.05) is 48.5 Å². The van der Waals surface area contributed by atoms with E-state index in [1.165, 1.54) is 11.9 Å². The van der Waals surface area contributed by atoms with Crippen LogP contribution < -0.4 is 16.0 Å². The maximum absolute atomic E-state index is 12.7. The zero-order chi connectivity index (χ0) is 25.8. The Bertz CT molecular complexity index is 992. The van der Waals surface area contributed by atoms with E-state index in [1.54, 1.807) is 27.0 Å². The fraction of sp³-hybridized carbons (Fsp3) is 0.400. The Morgan fingerprint density at radius 2 is 1.63 bits per heavy atom. The summed E-state index contributed by atoms with van der Waals surface area (Å²) in [5, 5.41) is 7.69. The highest BCUT2D eigenvalue weighted by atomic mass is 16.6. The van der Waals surface area contributed by atoms with Crippen LogP contribution in [-0.2, 0) is 25.5 Å². The monoisotopic (exact) mass is 483 g/mol. The van der Waals surface area contributed by atoms with Crippen molar-refractivity contribution in [2.24, 2.45) is 0 Å². The minimum atomic E-state index is -0.730. The third-order valence-corrected chi connectivity index (χ3v) is 4.71. The second-order valence-corrected chi connectivity index (χ2v) is 8.94. The standard InChI is InChI=1S/C25H33N5O5/c1-25(2,3)35-24(34)28-15-21(31)27-16-23(33)30(4)17-22(32)29-20(18-10-6-5-7-11-18)14-19-12-8-9-13-26-19/h5-13,20H,14-17H2,1-4H3,(H,27,31)(H,28,34)(H,29,32). The fourth-order valence-corrected chi connectivity index (χ4v) is 3.05. The maximum atomic E-state index is 12.7. The molecule has 1 aromatic heterocycles. The van der Waals surface area contributed by atoms with Crippen molar-refractivity contribution in [1.29, 1.82) is 0 Å². The van der Waals surface area contributed by atoms with Crippen LogP contribution in [0.2, 0.25) is 0 Å². The topological polar surface area (TPSA) is 130 Å². The van der Waals surface area contributed by atoms with E-state index in [4.69, 9.17) is 4.74 Å². The summed E-state index contributed by atoms with van der Waals surface area (Å²) in [6.45, 7) is 4.29. The fourth-order valence-electron chi connectivity index (χ4n) is 3.05. The van der Waals surface area contributed by atoms with Gasteiger partial charge in [-0.25, -0.2) is 4.79 Å². The molecule has 2 rings (SSSR count). The Morgan fingerprint density at radius 3 is 2.26 bits per heavy atom. The Balaban J connectivity index is 1.83. The molecule has 10 nitrogen and oxygen atoms in total. The van der Waals surface area contributed by atoms with Gasteiger partial charge in [-0.2, -0.15) is 0 Å². The Labute approximate surface area is 205 Å². The minimum absolute atomic E-state index is 0.184. The Morgan fingerprint density at radius 1 is 0.943 bits per heavy atom. The zero-order valence-corrected chi connectivity index (χ0v) is 20.5. The number of ether oxygens (including phenoxy) is 1. The van der Waals surface area contributed by atoms with Crippen molar-refractivity contribution >= 4 is 23.8 Å². The highest BCUT2D eigenvalue weighted by Crippen LogP contribution is 2.17. The summed E-state index contributed by atoms with van der Waals surface area (Å²) < 4.78 is 5.04. The molecular formula is C25H33N5O5. The number of carbonyl (C=O) groups is 4. The number of amides is 4. The molecule has 2 aromatic rings. The number of hydrogen-bond acceptors (Lipinski definition) is 6. The molecule has 0 bridgehead atoms. The summed E-state index contributed by atoms with van der Waals surface area (Å²) in [6, 6.07) is 14.8. The van der Waals surface area contributed by atoms with Crippen LogP contribution in [0.3, 0.4) is 0 Å². The Kier molecular flexibility index (Phi) is 10.2. The largest absolute Gasteiger partial charge is 0.444 e. The van der Waals surface area contributed by atoms with Gasteiger partial charge in [-0.05, 0) is 38.5 Å². The molecule has 0 aliphatic carbocycles. The smallest absolute Gasteiger partial charge is 0.408 e. The third kappa shape index (κ3) is 10.7. The highest BCUT2D eigenvalue weighted by molar-refractivity contribution is 5.89. The van der Waals surface area contributed by atoms with Gasteiger partial charge in [0, 0.05) is 25.4 Å². The number of alkyl carbamates (subject to hydrolysis) is 1. The maximum Gasteiger partial charge on any atom is 0.408 e. The van der Waals surface area contributed by atoms with Crippen molar-refractivity contribution < 1.29 is 23.9 Å². The lowest BCUT2D eigenvalue weighted by Crippen LogP contribution is -2.46. The van der Waals surface area contributed by atoms with Crippen LogP contribution in [0.5, 0.6) is 0 Å².